The summed E-state index contributed by atoms with van der Waals surface area (Å²) in [5.41, 5.74) is 0. The minimum absolute atomic E-state index is 0.0108. The number of hydrogen-bond acceptors (Lipinski definition) is 6. The zero-order valence-corrected chi connectivity index (χ0v) is 9.91. The molecule has 0 saturated carbocycles. The molecule has 0 aromatic carbocycles. The molecule has 17 heavy (non-hydrogen) atoms. The SMILES string of the molecule is CN(CCO)c1nc(Cl)nc(-n2cccn2)n1. The van der Waals surface area contributed by atoms with E-state index in [1.165, 1.54) is 4.68 Å². The third-order valence-electron chi connectivity index (χ3n) is 2.07. The summed E-state index contributed by atoms with van der Waals surface area (Å²) >= 11 is 5.82. The van der Waals surface area contributed by atoms with Gasteiger partial charge in [0, 0.05) is 26.0 Å². The third-order valence-corrected chi connectivity index (χ3v) is 2.24. The second-order valence-corrected chi connectivity index (χ2v) is 3.64. The predicted octanol–water partition coefficient (Wildman–Crippen LogP) is 0.139. The predicted molar refractivity (Wildman–Crippen MR) is 62.3 cm³/mol. The quantitative estimate of drug-likeness (QED) is 0.836. The minimum atomic E-state index is 0.0108. The van der Waals surface area contributed by atoms with Crippen LogP contribution in [0.5, 0.6) is 0 Å². The molecule has 2 rings (SSSR count). The molecule has 0 aliphatic rings. The zero-order chi connectivity index (χ0) is 12.3. The Kier molecular flexibility index (Phi) is 3.50. The lowest BCUT2D eigenvalue weighted by molar-refractivity contribution is 0.303. The molecule has 0 aliphatic carbocycles. The fourth-order valence-electron chi connectivity index (χ4n) is 1.24. The van der Waals surface area contributed by atoms with Crippen LogP contribution in [0.2, 0.25) is 5.28 Å². The van der Waals surface area contributed by atoms with Crippen molar-refractivity contribution in [3.05, 3.63) is 23.7 Å². The van der Waals surface area contributed by atoms with Gasteiger partial charge in [0.1, 0.15) is 0 Å². The molecule has 0 unspecified atom stereocenters. The van der Waals surface area contributed by atoms with E-state index in [9.17, 15) is 0 Å². The normalized spacial score (nSPS) is 10.5. The fraction of sp³-hybridized carbons (Fsp3) is 0.333. The van der Waals surface area contributed by atoms with Crippen LogP contribution >= 0.6 is 11.6 Å². The lowest BCUT2D eigenvalue weighted by Gasteiger charge is -2.15. The Morgan fingerprint density at radius 3 is 2.88 bits per heavy atom. The molecule has 2 aromatic rings. The number of halogens is 1. The molecule has 90 valence electrons. The molecule has 0 fully saturated rings. The van der Waals surface area contributed by atoms with Crippen LogP contribution in [-0.2, 0) is 0 Å². The van der Waals surface area contributed by atoms with Crippen LogP contribution < -0.4 is 4.90 Å². The van der Waals surface area contributed by atoms with Crippen LogP contribution in [0.3, 0.4) is 0 Å². The lowest BCUT2D eigenvalue weighted by atomic mass is 10.6. The molecule has 2 heterocycles. The maximum absolute atomic E-state index is 8.86. The van der Waals surface area contributed by atoms with Crippen LogP contribution in [0.25, 0.3) is 5.95 Å². The largest absolute Gasteiger partial charge is 0.395 e. The average Bonchev–Trinajstić information content (AvgIpc) is 2.82. The molecule has 8 heteroatoms. The Morgan fingerprint density at radius 2 is 2.24 bits per heavy atom. The van der Waals surface area contributed by atoms with Gasteiger partial charge >= 0.3 is 0 Å². The maximum Gasteiger partial charge on any atom is 0.256 e. The van der Waals surface area contributed by atoms with Crippen LogP contribution in [0.4, 0.5) is 5.95 Å². The van der Waals surface area contributed by atoms with E-state index in [1.807, 2.05) is 0 Å². The first-order valence-corrected chi connectivity index (χ1v) is 5.32. The first-order chi connectivity index (χ1) is 8.20. The first kappa shape index (κ1) is 11.7. The summed E-state index contributed by atoms with van der Waals surface area (Å²) in [4.78, 5) is 13.8. The number of aliphatic hydroxyl groups excluding tert-OH is 1. The average molecular weight is 255 g/mol. The van der Waals surface area contributed by atoms with Gasteiger partial charge in [-0.05, 0) is 17.7 Å². The third kappa shape index (κ3) is 2.69. The Hall–Kier alpha value is -1.73. The molecule has 0 atom stereocenters. The second kappa shape index (κ2) is 5.07. The molecule has 0 amide bonds. The highest BCUT2D eigenvalue weighted by molar-refractivity contribution is 6.28. The number of rotatable bonds is 4. The van der Waals surface area contributed by atoms with Crippen molar-refractivity contribution in [2.24, 2.45) is 0 Å². The lowest BCUT2D eigenvalue weighted by Crippen LogP contribution is -2.24. The van der Waals surface area contributed by atoms with Gasteiger partial charge in [-0.2, -0.15) is 20.1 Å². The summed E-state index contributed by atoms with van der Waals surface area (Å²) in [5.74, 6) is 0.735. The molecule has 0 spiro atoms. The van der Waals surface area contributed by atoms with Crippen molar-refractivity contribution in [3.63, 3.8) is 0 Å². The van der Waals surface area contributed by atoms with Crippen molar-refractivity contribution in [1.29, 1.82) is 0 Å². The molecule has 2 aromatic heterocycles. The van der Waals surface area contributed by atoms with Gasteiger partial charge in [-0.25, -0.2) is 4.68 Å². The number of likely N-dealkylation sites (N-methyl/N-ethyl adjacent to an activating group) is 1. The van der Waals surface area contributed by atoms with Crippen LogP contribution in [-0.4, -0.2) is 50.0 Å². The van der Waals surface area contributed by atoms with Gasteiger partial charge < -0.3 is 10.0 Å². The van der Waals surface area contributed by atoms with Gasteiger partial charge in [-0.15, -0.1) is 0 Å². The topological polar surface area (TPSA) is 80.0 Å². The van der Waals surface area contributed by atoms with Crippen LogP contribution in [0.15, 0.2) is 18.5 Å². The summed E-state index contributed by atoms with van der Waals surface area (Å²) < 4.78 is 1.49. The highest BCUT2D eigenvalue weighted by Gasteiger charge is 2.10. The number of aliphatic hydroxyl groups is 1. The van der Waals surface area contributed by atoms with Crippen molar-refractivity contribution in [1.82, 2.24) is 24.7 Å². The van der Waals surface area contributed by atoms with Gasteiger partial charge in [0.05, 0.1) is 6.61 Å². The number of nitrogens with zero attached hydrogens (tertiary/aromatic N) is 6. The smallest absolute Gasteiger partial charge is 0.256 e. The second-order valence-electron chi connectivity index (χ2n) is 3.30. The zero-order valence-electron chi connectivity index (χ0n) is 9.15. The number of aromatic nitrogens is 5. The molecule has 0 radical (unpaired) electrons. The molecule has 7 nitrogen and oxygen atoms in total. The molecule has 0 saturated heterocycles. The van der Waals surface area contributed by atoms with E-state index in [-0.39, 0.29) is 11.9 Å². The number of anilines is 1. The van der Waals surface area contributed by atoms with E-state index in [2.05, 4.69) is 20.1 Å². The van der Waals surface area contributed by atoms with Crippen molar-refractivity contribution >= 4 is 17.5 Å². The van der Waals surface area contributed by atoms with Gasteiger partial charge in [0.15, 0.2) is 0 Å². The summed E-state index contributed by atoms with van der Waals surface area (Å²) in [6, 6.07) is 1.76. The van der Waals surface area contributed by atoms with Crippen molar-refractivity contribution < 1.29 is 5.11 Å². The molecule has 0 aliphatic heterocycles. The summed E-state index contributed by atoms with van der Waals surface area (Å²) in [6.07, 6.45) is 3.33. The van der Waals surface area contributed by atoms with Crippen molar-refractivity contribution in [2.75, 3.05) is 25.1 Å². The van der Waals surface area contributed by atoms with Crippen molar-refractivity contribution in [3.8, 4) is 5.95 Å². The fourth-order valence-corrected chi connectivity index (χ4v) is 1.39. The monoisotopic (exact) mass is 254 g/mol. The minimum Gasteiger partial charge on any atom is -0.395 e. The maximum atomic E-state index is 8.86. The number of hydrogen-bond donors (Lipinski definition) is 1. The Balaban J connectivity index is 2.36. The van der Waals surface area contributed by atoms with E-state index in [0.717, 1.165) is 0 Å². The Bertz CT molecular complexity index is 488. The van der Waals surface area contributed by atoms with E-state index in [0.29, 0.717) is 18.4 Å². The molecular formula is C9H11ClN6O. The van der Waals surface area contributed by atoms with Gasteiger partial charge in [-0.1, -0.05) is 0 Å². The molecule has 1 N–H and O–H groups in total. The first-order valence-electron chi connectivity index (χ1n) is 4.94. The van der Waals surface area contributed by atoms with E-state index in [1.54, 1.807) is 30.4 Å². The summed E-state index contributed by atoms with van der Waals surface area (Å²) in [5, 5.41) is 13.0. The standard InChI is InChI=1S/C9H11ClN6O/c1-15(5-6-17)8-12-7(10)13-9(14-8)16-4-2-3-11-16/h2-4,17H,5-6H2,1H3. The highest BCUT2D eigenvalue weighted by Crippen LogP contribution is 2.11. The van der Waals surface area contributed by atoms with Crippen molar-refractivity contribution in [2.45, 2.75) is 0 Å². The van der Waals surface area contributed by atoms with E-state index < -0.39 is 0 Å². The Labute approximate surface area is 103 Å². The van der Waals surface area contributed by atoms with Crippen LogP contribution in [0, 0.1) is 0 Å². The van der Waals surface area contributed by atoms with Crippen LogP contribution in [0.1, 0.15) is 0 Å². The summed E-state index contributed by atoms with van der Waals surface area (Å²) in [6.45, 7) is 0.426. The Morgan fingerprint density at radius 1 is 1.41 bits per heavy atom. The van der Waals surface area contributed by atoms with Gasteiger partial charge in [0.25, 0.3) is 5.95 Å². The van der Waals surface area contributed by atoms with E-state index in [4.69, 9.17) is 16.7 Å². The summed E-state index contributed by atoms with van der Waals surface area (Å²) in [7, 11) is 1.76. The highest BCUT2D eigenvalue weighted by atomic mass is 35.5. The van der Waals surface area contributed by atoms with Gasteiger partial charge in [0.2, 0.25) is 11.2 Å². The molecule has 0 bridgehead atoms. The molecular weight excluding hydrogens is 244 g/mol. The van der Waals surface area contributed by atoms with Gasteiger partial charge in [-0.3, -0.25) is 0 Å². The van der Waals surface area contributed by atoms with E-state index >= 15 is 0 Å².